The monoisotopic (exact) mass is 558 g/mol. The van der Waals surface area contributed by atoms with Crippen molar-refractivity contribution in [2.45, 2.75) is 79.1 Å². The zero-order chi connectivity index (χ0) is 24.3. The molecule has 0 unspecified atom stereocenters. The Morgan fingerprint density at radius 3 is 0.788 bits per heavy atom. The first kappa shape index (κ1) is 33.6. The van der Waals surface area contributed by atoms with E-state index in [1.54, 1.807) is 0 Å². The maximum absolute atomic E-state index is 6.14. The van der Waals surface area contributed by atoms with Crippen molar-refractivity contribution in [1.82, 2.24) is 0 Å². The van der Waals surface area contributed by atoms with Gasteiger partial charge >= 0.3 is 211 Å². The van der Waals surface area contributed by atoms with Gasteiger partial charge in [0.1, 0.15) is 0 Å². The van der Waals surface area contributed by atoms with Gasteiger partial charge in [0.05, 0.1) is 0 Å². The molecule has 0 amide bonds. The van der Waals surface area contributed by atoms with E-state index in [2.05, 4.69) is 27.7 Å². The minimum atomic E-state index is -4.29. The van der Waals surface area contributed by atoms with E-state index in [4.69, 9.17) is 30.2 Å². The predicted octanol–water partition coefficient (Wildman–Crippen LogP) is 5.13. The molecule has 0 aliphatic carbocycles. The van der Waals surface area contributed by atoms with Crippen LogP contribution >= 0.6 is 0 Å². The van der Waals surface area contributed by atoms with E-state index in [1.165, 1.54) is 0 Å². The fraction of sp³-hybridized carbons (Fsp3) is 1.00. The Balaban J connectivity index is 4.74. The molecule has 0 aliphatic rings. The van der Waals surface area contributed by atoms with Crippen molar-refractivity contribution in [3.05, 3.63) is 0 Å². The van der Waals surface area contributed by atoms with Gasteiger partial charge in [0.2, 0.25) is 0 Å². The van der Waals surface area contributed by atoms with Crippen molar-refractivity contribution in [2.24, 2.45) is 0 Å². The van der Waals surface area contributed by atoms with Crippen molar-refractivity contribution in [1.29, 1.82) is 0 Å². The van der Waals surface area contributed by atoms with Gasteiger partial charge in [-0.3, -0.25) is 0 Å². The van der Waals surface area contributed by atoms with Crippen molar-refractivity contribution < 1.29 is 52.2 Å². The molecule has 0 saturated carbocycles. The van der Waals surface area contributed by atoms with Crippen LogP contribution in [0.5, 0.6) is 0 Å². The van der Waals surface area contributed by atoms with E-state index in [0.717, 1.165) is 77.8 Å². The van der Waals surface area contributed by atoms with Gasteiger partial charge in [0.25, 0.3) is 0 Å². The Kier molecular flexibility index (Phi) is 27.6. The minimum absolute atomic E-state index is 0.379. The number of hydrogen-bond donors (Lipinski definition) is 0. The summed E-state index contributed by atoms with van der Waals surface area (Å²) in [6.07, 6.45) is 8.57. The Morgan fingerprint density at radius 2 is 0.576 bits per heavy atom. The summed E-state index contributed by atoms with van der Waals surface area (Å²) in [6.45, 7) is 15.0. The van der Waals surface area contributed by atoms with Gasteiger partial charge < -0.3 is 0 Å². The summed E-state index contributed by atoms with van der Waals surface area (Å²) in [6, 6.07) is 0. The molecule has 200 valence electrons. The standard InChI is InChI=1S/4C6H13O2.Zr/c4*1-2-3-5-8-6-4-7;/h4*2-6H2,1H3;/q4*-1;+4. The topological polar surface area (TPSA) is 73.8 Å². The first-order chi connectivity index (χ1) is 16.2. The molecule has 33 heavy (non-hydrogen) atoms. The van der Waals surface area contributed by atoms with Gasteiger partial charge in [0.15, 0.2) is 0 Å². The van der Waals surface area contributed by atoms with E-state index in [0.29, 0.717) is 52.9 Å². The Hall–Kier alpha value is 0.563. The second-order valence-electron chi connectivity index (χ2n) is 7.76. The maximum atomic E-state index is 6.14. The Labute approximate surface area is 210 Å². The molecule has 0 atom stereocenters. The zero-order valence-electron chi connectivity index (χ0n) is 21.9. The Bertz CT molecular complexity index is 307. The summed E-state index contributed by atoms with van der Waals surface area (Å²) >= 11 is -4.29. The van der Waals surface area contributed by atoms with Crippen LogP contribution in [-0.2, 0) is 52.2 Å². The summed E-state index contributed by atoms with van der Waals surface area (Å²) in [4.78, 5) is 0. The van der Waals surface area contributed by atoms with Crippen LogP contribution in [-0.4, -0.2) is 79.3 Å². The zero-order valence-corrected chi connectivity index (χ0v) is 24.4. The Morgan fingerprint density at radius 1 is 0.333 bits per heavy atom. The number of unbranched alkanes of at least 4 members (excludes halogenated alkanes) is 4. The van der Waals surface area contributed by atoms with E-state index in [9.17, 15) is 0 Å². The van der Waals surface area contributed by atoms with Crippen LogP contribution in [0.15, 0.2) is 0 Å². The molecule has 0 spiro atoms. The second kappa shape index (κ2) is 27.2. The molecule has 0 bridgehead atoms. The van der Waals surface area contributed by atoms with E-state index >= 15 is 0 Å². The fourth-order valence-electron chi connectivity index (χ4n) is 2.55. The SMILES string of the molecule is CCCCOCC[O][Zr]([O]CCOCCCC)([O]CCOCCCC)[O]CCOCCCC. The molecule has 0 aromatic carbocycles. The number of hydrogen-bond acceptors (Lipinski definition) is 8. The van der Waals surface area contributed by atoms with Crippen LogP contribution in [0.4, 0.5) is 0 Å². The third-order valence-electron chi connectivity index (χ3n) is 4.59. The van der Waals surface area contributed by atoms with E-state index in [1.807, 2.05) is 0 Å². The van der Waals surface area contributed by atoms with Crippen molar-refractivity contribution in [2.75, 3.05) is 79.3 Å². The second-order valence-corrected chi connectivity index (χ2v) is 13.1. The molecule has 0 aromatic heterocycles. The molecule has 0 aromatic rings. The summed E-state index contributed by atoms with van der Waals surface area (Å²) < 4.78 is 47.2. The van der Waals surface area contributed by atoms with Crippen molar-refractivity contribution in [3.8, 4) is 0 Å². The quantitative estimate of drug-likeness (QED) is 0.122. The number of ether oxygens (including phenoxy) is 4. The average molecular weight is 560 g/mol. The molecule has 0 heterocycles. The summed E-state index contributed by atoms with van der Waals surface area (Å²) in [5.41, 5.74) is 0. The summed E-state index contributed by atoms with van der Waals surface area (Å²) in [5, 5.41) is 0. The van der Waals surface area contributed by atoms with E-state index < -0.39 is 22.0 Å². The van der Waals surface area contributed by atoms with E-state index in [-0.39, 0.29) is 0 Å². The molecular formula is C24H52O8Zr. The third kappa shape index (κ3) is 22.8. The van der Waals surface area contributed by atoms with Gasteiger partial charge in [-0.2, -0.15) is 0 Å². The summed E-state index contributed by atoms with van der Waals surface area (Å²) in [5.74, 6) is 0. The molecule has 0 aliphatic heterocycles. The average Bonchev–Trinajstić information content (AvgIpc) is 2.83. The van der Waals surface area contributed by atoms with Gasteiger partial charge in [-0.25, -0.2) is 0 Å². The van der Waals surface area contributed by atoms with Gasteiger partial charge in [-0.1, -0.05) is 0 Å². The number of rotatable bonds is 28. The third-order valence-corrected chi connectivity index (χ3v) is 10.1. The van der Waals surface area contributed by atoms with Crippen LogP contribution in [0.1, 0.15) is 79.1 Å². The van der Waals surface area contributed by atoms with Crippen LogP contribution in [0.2, 0.25) is 0 Å². The molecule has 8 nitrogen and oxygen atoms in total. The summed E-state index contributed by atoms with van der Waals surface area (Å²) in [7, 11) is 0. The molecule has 0 fully saturated rings. The molecule has 9 heteroatoms. The normalized spacial score (nSPS) is 12.0. The van der Waals surface area contributed by atoms with Crippen LogP contribution < -0.4 is 0 Å². The molecule has 0 radical (unpaired) electrons. The first-order valence-corrected chi connectivity index (χ1v) is 17.1. The molecule has 0 saturated heterocycles. The molecule has 0 rings (SSSR count). The van der Waals surface area contributed by atoms with Crippen LogP contribution in [0, 0.1) is 0 Å². The van der Waals surface area contributed by atoms with Gasteiger partial charge in [-0.05, 0) is 0 Å². The molecule has 0 N–H and O–H groups in total. The fourth-order valence-corrected chi connectivity index (χ4v) is 7.05. The molecular weight excluding hydrogens is 507 g/mol. The predicted molar refractivity (Wildman–Crippen MR) is 127 cm³/mol. The van der Waals surface area contributed by atoms with Crippen LogP contribution in [0.3, 0.4) is 0 Å². The van der Waals surface area contributed by atoms with Crippen LogP contribution in [0.25, 0.3) is 0 Å². The van der Waals surface area contributed by atoms with Gasteiger partial charge in [0, 0.05) is 0 Å². The van der Waals surface area contributed by atoms with Crippen molar-refractivity contribution >= 4 is 0 Å². The van der Waals surface area contributed by atoms with Crippen molar-refractivity contribution in [3.63, 3.8) is 0 Å². The van der Waals surface area contributed by atoms with Gasteiger partial charge in [-0.15, -0.1) is 0 Å². The first-order valence-electron chi connectivity index (χ1n) is 13.1.